The highest BCUT2D eigenvalue weighted by Crippen LogP contribution is 2.31. The Morgan fingerprint density at radius 3 is 1.88 bits per heavy atom. The van der Waals surface area contributed by atoms with Crippen molar-refractivity contribution in [3.05, 3.63) is 102 Å². The van der Waals surface area contributed by atoms with E-state index < -0.39 is 152 Å². The number of nitrogens with zero attached hydrogens (tertiary/aromatic N) is 4. The van der Waals surface area contributed by atoms with E-state index in [1.807, 2.05) is 24.3 Å². The summed E-state index contributed by atoms with van der Waals surface area (Å²) in [6.45, 7) is 5.25. The van der Waals surface area contributed by atoms with Crippen LogP contribution in [0.2, 0.25) is 0 Å². The minimum atomic E-state index is -2.04. The first-order valence-electron chi connectivity index (χ1n) is 32.1. The molecule has 4 saturated heterocycles. The number of amides is 7. The summed E-state index contributed by atoms with van der Waals surface area (Å²) in [6.07, 6.45) is -8.76. The van der Waals surface area contributed by atoms with Gasteiger partial charge in [-0.1, -0.05) is 37.3 Å². The molecule has 4 aromatic carbocycles. The van der Waals surface area contributed by atoms with E-state index >= 15 is 0 Å². The number of fused-ring (bicyclic) bond motifs is 2. The predicted octanol–water partition coefficient (Wildman–Crippen LogP) is -1.78. The third kappa shape index (κ3) is 18.4. The summed E-state index contributed by atoms with van der Waals surface area (Å²) in [5, 5.41) is 91.6. The van der Waals surface area contributed by atoms with Gasteiger partial charge in [0.15, 0.2) is 11.5 Å². The van der Waals surface area contributed by atoms with E-state index in [1.54, 1.807) is 38.3 Å². The number of ether oxygens (including phenoxy) is 3. The largest absolute Gasteiger partial charge is 0.504 e. The fourth-order valence-corrected chi connectivity index (χ4v) is 12.2. The maximum Gasteiger partial charge on any atom is 0.251 e. The summed E-state index contributed by atoms with van der Waals surface area (Å²) in [5.74, 6) is -7.70. The molecule has 28 heteroatoms. The van der Waals surface area contributed by atoms with Gasteiger partial charge < -0.3 is 108 Å². The lowest BCUT2D eigenvalue weighted by molar-refractivity contribution is -0.147. The number of anilines is 2. The minimum absolute atomic E-state index is 0.00273. The molecule has 0 radical (unpaired) electrons. The van der Waals surface area contributed by atoms with Crippen molar-refractivity contribution in [2.75, 3.05) is 95.6 Å². The summed E-state index contributed by atoms with van der Waals surface area (Å²) < 4.78 is 16.6. The Hall–Kier alpha value is -8.19. The number of carbonyl (C=O) groups excluding carboxylic acids is 7. The van der Waals surface area contributed by atoms with Crippen LogP contribution in [0.4, 0.5) is 11.4 Å². The van der Waals surface area contributed by atoms with E-state index in [0.717, 1.165) is 63.9 Å². The fourth-order valence-electron chi connectivity index (χ4n) is 12.2. The quantitative estimate of drug-likeness (QED) is 0.0387. The van der Waals surface area contributed by atoms with Crippen molar-refractivity contribution in [3.8, 4) is 28.4 Å². The Morgan fingerprint density at radius 1 is 0.649 bits per heavy atom. The SMILES string of the molecule is COCCCCCOc1ccc(-c2ccc(N3CCN(c4ccc(C(=O)NC5C[C@@H](O)CNC(=O)[C@@H]6[C@@H](O)[C@@H](C)CN6C(=O)[C@H]([C@H](O)CCN)NC(=O)[C@H]([C@H](O)Cc6ccc(O)c(OCCN)c6)NC(=O)[C@@H]6C[C@@H](O)CN6C(=O)[C@H]([C@@H](C)O)NC5=O)cc4)CC3)cc2)cc1. The average Bonchev–Trinajstić information content (AvgIpc) is 1.62. The second-order valence-corrected chi connectivity index (χ2v) is 24.5. The van der Waals surface area contributed by atoms with Crippen molar-refractivity contribution in [2.24, 2.45) is 17.4 Å². The maximum atomic E-state index is 14.7. The molecule has 0 saturated carbocycles. The topological polar surface area (TPSA) is 414 Å². The number of carbonyl (C=O) groups is 7. The van der Waals surface area contributed by atoms with Crippen LogP contribution in [0, 0.1) is 5.92 Å². The predicted molar refractivity (Wildman–Crippen MR) is 345 cm³/mol. The van der Waals surface area contributed by atoms with Gasteiger partial charge in [-0.15, -0.1) is 0 Å². The van der Waals surface area contributed by atoms with Crippen molar-refractivity contribution in [3.63, 3.8) is 0 Å². The molecule has 0 aliphatic carbocycles. The molecule has 4 aromatic rings. The zero-order valence-corrected chi connectivity index (χ0v) is 53.3. The van der Waals surface area contributed by atoms with Crippen molar-refractivity contribution >= 4 is 52.7 Å². The Kier molecular flexibility index (Phi) is 25.7. The molecule has 7 amide bonds. The Labute approximate surface area is 545 Å². The van der Waals surface area contributed by atoms with Crippen LogP contribution in [0.1, 0.15) is 68.3 Å². The van der Waals surface area contributed by atoms with Crippen LogP contribution >= 0.6 is 0 Å². The third-order valence-electron chi connectivity index (χ3n) is 17.5. The van der Waals surface area contributed by atoms with Gasteiger partial charge in [0.25, 0.3) is 5.91 Å². The summed E-state index contributed by atoms with van der Waals surface area (Å²) in [4.78, 5) is 108. The van der Waals surface area contributed by atoms with Crippen LogP contribution in [0.25, 0.3) is 11.1 Å². The van der Waals surface area contributed by atoms with Gasteiger partial charge in [-0.2, -0.15) is 0 Å². The minimum Gasteiger partial charge on any atom is -0.504 e. The zero-order chi connectivity index (χ0) is 67.8. The first-order chi connectivity index (χ1) is 45.1. The summed E-state index contributed by atoms with van der Waals surface area (Å²) in [5.41, 5.74) is 15.8. The number of phenols is 1. The normalized spacial score (nSPS) is 25.4. The molecule has 0 spiro atoms. The number of nitrogens with one attached hydrogen (secondary N) is 5. The van der Waals surface area contributed by atoms with Crippen LogP contribution < -0.4 is 57.3 Å². The number of methoxy groups -OCH3 is 1. The number of aliphatic hydroxyl groups excluding tert-OH is 6. The highest BCUT2D eigenvalue weighted by Gasteiger charge is 2.50. The number of phenolic OH excluding ortho intramolecular Hbond substituents is 1. The first kappa shape index (κ1) is 71.7. The second-order valence-electron chi connectivity index (χ2n) is 24.5. The van der Waals surface area contributed by atoms with Gasteiger partial charge >= 0.3 is 0 Å². The molecule has 4 aliphatic heterocycles. The van der Waals surface area contributed by atoms with E-state index in [9.17, 15) is 69.3 Å². The van der Waals surface area contributed by atoms with Gasteiger partial charge in [-0.3, -0.25) is 33.6 Å². The van der Waals surface area contributed by atoms with Crippen molar-refractivity contribution in [2.45, 2.75) is 132 Å². The zero-order valence-electron chi connectivity index (χ0n) is 53.3. The molecule has 512 valence electrons. The number of rotatable bonds is 22. The first-order valence-corrected chi connectivity index (χ1v) is 32.1. The number of piperazine rings is 1. The van der Waals surface area contributed by atoms with E-state index in [0.29, 0.717) is 32.8 Å². The third-order valence-corrected chi connectivity index (χ3v) is 17.5. The molecule has 4 fully saturated rings. The Bertz CT molecular complexity index is 3190. The monoisotopic (exact) mass is 1310 g/mol. The molecular weight excluding hydrogens is 1220 g/mol. The van der Waals surface area contributed by atoms with Gasteiger partial charge in [0.1, 0.15) is 48.6 Å². The highest BCUT2D eigenvalue weighted by molar-refractivity contribution is 6.00. The molecule has 4 aliphatic rings. The van der Waals surface area contributed by atoms with Gasteiger partial charge in [-0.25, -0.2) is 0 Å². The van der Waals surface area contributed by atoms with Crippen LogP contribution in [0.5, 0.6) is 17.2 Å². The molecule has 1 unspecified atom stereocenters. The Morgan fingerprint density at radius 2 is 1.26 bits per heavy atom. The number of benzene rings is 4. The molecule has 16 N–H and O–H groups in total. The van der Waals surface area contributed by atoms with E-state index in [4.69, 9.17) is 25.7 Å². The van der Waals surface area contributed by atoms with Crippen molar-refractivity contribution < 1.29 is 83.5 Å². The lowest BCUT2D eigenvalue weighted by Crippen LogP contribution is -2.64. The number of hydrogen-bond donors (Lipinski definition) is 14. The molecule has 4 heterocycles. The molecular formula is C66H91N11O17. The molecule has 28 nitrogen and oxygen atoms in total. The number of hydrogen-bond acceptors (Lipinski definition) is 21. The molecule has 8 rings (SSSR count). The van der Waals surface area contributed by atoms with E-state index in [1.165, 1.54) is 25.1 Å². The summed E-state index contributed by atoms with van der Waals surface area (Å²) in [6, 6.07) is 16.2. The molecule has 0 bridgehead atoms. The van der Waals surface area contributed by atoms with Crippen LogP contribution in [-0.2, 0) is 39.9 Å². The lowest BCUT2D eigenvalue weighted by atomic mass is 9.98. The summed E-state index contributed by atoms with van der Waals surface area (Å²) >= 11 is 0. The smallest absolute Gasteiger partial charge is 0.251 e. The van der Waals surface area contributed by atoms with E-state index in [2.05, 4.69) is 60.6 Å². The Balaban J connectivity index is 0.997. The number of unbranched alkanes of at least 4 members (excludes halogenated alkanes) is 2. The maximum absolute atomic E-state index is 14.7. The van der Waals surface area contributed by atoms with Crippen LogP contribution in [0.15, 0.2) is 91.0 Å². The second kappa shape index (κ2) is 33.8. The average molecular weight is 1310 g/mol. The van der Waals surface area contributed by atoms with Crippen LogP contribution in [-0.4, -0.2) is 246 Å². The van der Waals surface area contributed by atoms with Gasteiger partial charge in [-0.05, 0) is 117 Å². The highest BCUT2D eigenvalue weighted by atomic mass is 16.5. The number of β-amino-alcohol motifs (C(OH)–C–C–N with tert-alkyl or cyclic N) is 1. The molecule has 94 heavy (non-hydrogen) atoms. The number of nitrogens with two attached hydrogens (primary N) is 2. The standard InChI is InChI=1S/C66H91N11O17/c1-38-36-77-58(59(38)84)64(89)69-35-46(79)33-49(70-60(85)43-10-16-45(17-11-43)75-26-24-74(25-27-75)44-14-8-41(9-15-44)42-12-18-48(19-13-42)93-29-6-4-5-28-92-3)61(86)71-55(39(2)78)65(90)76-37-47(80)34-50(76)62(87)72-56(63(88)73-57(66(77)91)52(82)21-22-67)53(83)31-40-7-20-51(81)54(32-40)94-30-23-68/h7-20,32,38-39,46-47,49-50,52-53,55-59,78-84H,4-6,21-31,33-37,67-68H2,1-3H3,(H,69,89)(H,70,85)(H,71,86)(H,72,87)(H,73,88)/t38-,39+,46+,47+,49?,50-,52+,53+,55-,56-,57-,58-,59-/m0/s1. The lowest BCUT2D eigenvalue weighted by Gasteiger charge is -2.37. The van der Waals surface area contributed by atoms with E-state index in [-0.39, 0.29) is 55.3 Å². The van der Waals surface area contributed by atoms with Gasteiger partial charge in [0, 0.05) is 108 Å². The fraction of sp³-hybridized carbons (Fsp3) is 0.530. The molecule has 13 atom stereocenters. The van der Waals surface area contributed by atoms with Crippen molar-refractivity contribution in [1.29, 1.82) is 0 Å². The van der Waals surface area contributed by atoms with Gasteiger partial charge in [0.05, 0.1) is 43.2 Å². The van der Waals surface area contributed by atoms with Crippen molar-refractivity contribution in [1.82, 2.24) is 36.4 Å². The van der Waals surface area contributed by atoms with Gasteiger partial charge in [0.2, 0.25) is 35.4 Å². The molecule has 0 aromatic heterocycles. The van der Waals surface area contributed by atoms with Crippen LogP contribution in [0.3, 0.4) is 0 Å². The summed E-state index contributed by atoms with van der Waals surface area (Å²) in [7, 11) is 1.70. The number of aromatic hydroxyl groups is 1. The number of aliphatic hydroxyl groups is 6.